The van der Waals surface area contributed by atoms with Crippen LogP contribution in [-0.2, 0) is 14.4 Å². The second kappa shape index (κ2) is 7.21. The number of benzene rings is 1. The molecule has 144 valence electrons. The number of nitrogens with one attached hydrogen (secondary N) is 1. The van der Waals surface area contributed by atoms with Gasteiger partial charge in [-0.15, -0.1) is 0 Å². The molecule has 2 aliphatic heterocycles. The highest BCUT2D eigenvalue weighted by atomic mass is 16.5. The Labute approximate surface area is 158 Å². The number of ether oxygens (including phenoxy) is 1. The lowest BCUT2D eigenvalue weighted by atomic mass is 10.1. The Bertz CT molecular complexity index is 768. The molecule has 1 aromatic carbocycles. The van der Waals surface area contributed by atoms with Crippen molar-refractivity contribution in [2.45, 2.75) is 45.1 Å². The summed E-state index contributed by atoms with van der Waals surface area (Å²) in [6.45, 7) is 3.18. The number of fused-ring (bicyclic) bond motifs is 1. The van der Waals surface area contributed by atoms with Crippen molar-refractivity contribution < 1.29 is 19.1 Å². The van der Waals surface area contributed by atoms with Crippen LogP contribution in [0.1, 0.15) is 39.0 Å². The minimum absolute atomic E-state index is 0.000438. The number of amides is 3. The number of hydrogen-bond donors (Lipinski definition) is 1. The van der Waals surface area contributed by atoms with Crippen LogP contribution in [0.15, 0.2) is 18.2 Å². The maximum atomic E-state index is 12.7. The van der Waals surface area contributed by atoms with Crippen LogP contribution in [0.25, 0.3) is 0 Å². The lowest BCUT2D eigenvalue weighted by Gasteiger charge is -2.35. The first-order chi connectivity index (χ1) is 13.0. The molecule has 7 nitrogen and oxygen atoms in total. The Morgan fingerprint density at radius 3 is 2.63 bits per heavy atom. The third kappa shape index (κ3) is 3.77. The van der Waals surface area contributed by atoms with E-state index in [-0.39, 0.29) is 30.2 Å². The molecule has 0 spiro atoms. The van der Waals surface area contributed by atoms with Crippen LogP contribution in [0.5, 0.6) is 5.75 Å². The molecule has 1 aromatic rings. The first-order valence-corrected chi connectivity index (χ1v) is 9.73. The standard InChI is InChI=1S/C20H25N3O4/c1-13-20(26)23(12-18(24)22-9-3-2-4-10-22)16-11-15(7-8-17(16)27-13)21-19(25)14-5-6-14/h7-8,11,13-14H,2-6,9-10,12H2,1H3,(H,21,25). The summed E-state index contributed by atoms with van der Waals surface area (Å²) in [4.78, 5) is 40.8. The molecule has 1 aliphatic carbocycles. The van der Waals surface area contributed by atoms with Crippen molar-refractivity contribution in [3.63, 3.8) is 0 Å². The van der Waals surface area contributed by atoms with Gasteiger partial charge in [-0.3, -0.25) is 19.3 Å². The molecule has 1 atom stereocenters. The van der Waals surface area contributed by atoms with E-state index in [4.69, 9.17) is 4.74 Å². The fourth-order valence-electron chi connectivity index (χ4n) is 3.62. The van der Waals surface area contributed by atoms with Crippen molar-refractivity contribution in [3.8, 4) is 5.75 Å². The zero-order valence-corrected chi connectivity index (χ0v) is 15.6. The van der Waals surface area contributed by atoms with Crippen LogP contribution in [0.3, 0.4) is 0 Å². The Hall–Kier alpha value is -2.57. The van der Waals surface area contributed by atoms with E-state index < -0.39 is 6.10 Å². The Balaban J connectivity index is 1.56. The van der Waals surface area contributed by atoms with Gasteiger partial charge in [-0.2, -0.15) is 0 Å². The minimum atomic E-state index is -0.640. The van der Waals surface area contributed by atoms with E-state index in [9.17, 15) is 14.4 Å². The molecule has 0 radical (unpaired) electrons. The van der Waals surface area contributed by atoms with E-state index >= 15 is 0 Å². The third-order valence-corrected chi connectivity index (χ3v) is 5.39. The summed E-state index contributed by atoms with van der Waals surface area (Å²) in [7, 11) is 0. The van der Waals surface area contributed by atoms with Crippen molar-refractivity contribution in [1.29, 1.82) is 0 Å². The molecule has 1 saturated heterocycles. The normalized spacial score (nSPS) is 22.1. The molecule has 0 bridgehead atoms. The van der Waals surface area contributed by atoms with Crippen molar-refractivity contribution in [1.82, 2.24) is 4.90 Å². The maximum Gasteiger partial charge on any atom is 0.268 e. The van der Waals surface area contributed by atoms with Gasteiger partial charge in [0.25, 0.3) is 5.91 Å². The molecule has 1 unspecified atom stereocenters. The molecular formula is C20H25N3O4. The van der Waals surface area contributed by atoms with Crippen LogP contribution < -0.4 is 15.0 Å². The molecule has 2 heterocycles. The molecule has 0 aromatic heterocycles. The Kier molecular flexibility index (Phi) is 4.76. The van der Waals surface area contributed by atoms with Crippen LogP contribution in [0.2, 0.25) is 0 Å². The van der Waals surface area contributed by atoms with Gasteiger partial charge in [0.2, 0.25) is 11.8 Å². The summed E-state index contributed by atoms with van der Waals surface area (Å²) in [6.07, 6.45) is 4.36. The van der Waals surface area contributed by atoms with Crippen molar-refractivity contribution in [2.75, 3.05) is 29.9 Å². The van der Waals surface area contributed by atoms with Gasteiger partial charge >= 0.3 is 0 Å². The number of likely N-dealkylation sites (tertiary alicyclic amines) is 1. The van der Waals surface area contributed by atoms with Gasteiger partial charge in [-0.05, 0) is 57.2 Å². The maximum absolute atomic E-state index is 12.7. The zero-order chi connectivity index (χ0) is 19.0. The molecule has 1 saturated carbocycles. The van der Waals surface area contributed by atoms with Crippen molar-refractivity contribution >= 4 is 29.1 Å². The molecule has 3 aliphatic rings. The summed E-state index contributed by atoms with van der Waals surface area (Å²) in [5, 5.41) is 2.89. The van der Waals surface area contributed by atoms with Crippen molar-refractivity contribution in [2.24, 2.45) is 5.92 Å². The van der Waals surface area contributed by atoms with Gasteiger partial charge in [-0.1, -0.05) is 0 Å². The average molecular weight is 371 g/mol. The number of anilines is 2. The molecule has 1 N–H and O–H groups in total. The minimum Gasteiger partial charge on any atom is -0.479 e. The first-order valence-electron chi connectivity index (χ1n) is 9.73. The van der Waals surface area contributed by atoms with Crippen LogP contribution in [0.4, 0.5) is 11.4 Å². The van der Waals surface area contributed by atoms with Gasteiger partial charge in [0.05, 0.1) is 5.69 Å². The second-order valence-electron chi connectivity index (χ2n) is 7.57. The molecular weight excluding hydrogens is 346 g/mol. The van der Waals surface area contributed by atoms with Crippen LogP contribution >= 0.6 is 0 Å². The fourth-order valence-corrected chi connectivity index (χ4v) is 3.62. The predicted octanol–water partition coefficient (Wildman–Crippen LogP) is 2.16. The lowest BCUT2D eigenvalue weighted by molar-refractivity contribution is -0.133. The van der Waals surface area contributed by atoms with E-state index in [1.165, 1.54) is 4.90 Å². The summed E-state index contributed by atoms with van der Waals surface area (Å²) in [6, 6.07) is 5.24. The smallest absolute Gasteiger partial charge is 0.268 e. The Morgan fingerprint density at radius 2 is 1.93 bits per heavy atom. The Morgan fingerprint density at radius 1 is 1.19 bits per heavy atom. The molecule has 27 heavy (non-hydrogen) atoms. The highest BCUT2D eigenvalue weighted by Crippen LogP contribution is 2.37. The SMILES string of the molecule is CC1Oc2ccc(NC(=O)C3CC3)cc2N(CC(=O)N2CCCCC2)C1=O. The second-order valence-corrected chi connectivity index (χ2v) is 7.57. The van der Waals surface area contributed by atoms with E-state index in [0.717, 1.165) is 45.2 Å². The molecule has 7 heteroatoms. The van der Waals surface area contributed by atoms with Crippen LogP contribution in [0, 0.1) is 5.92 Å². The highest BCUT2D eigenvalue weighted by molar-refractivity contribution is 6.04. The number of rotatable bonds is 4. The number of carbonyl (C=O) groups excluding carboxylic acids is 3. The topological polar surface area (TPSA) is 79.0 Å². The summed E-state index contributed by atoms with van der Waals surface area (Å²) in [5.74, 6) is 0.366. The number of piperidine rings is 1. The van der Waals surface area contributed by atoms with Gasteiger partial charge < -0.3 is 15.0 Å². The van der Waals surface area contributed by atoms with Gasteiger partial charge in [0.15, 0.2) is 6.10 Å². The highest BCUT2D eigenvalue weighted by Gasteiger charge is 2.35. The molecule has 4 rings (SSSR count). The van der Waals surface area contributed by atoms with Gasteiger partial charge in [0, 0.05) is 24.7 Å². The zero-order valence-electron chi connectivity index (χ0n) is 15.6. The molecule has 2 fully saturated rings. The summed E-state index contributed by atoms with van der Waals surface area (Å²) >= 11 is 0. The van der Waals surface area contributed by atoms with E-state index in [0.29, 0.717) is 17.1 Å². The van der Waals surface area contributed by atoms with E-state index in [1.54, 1.807) is 25.1 Å². The number of hydrogen-bond acceptors (Lipinski definition) is 4. The number of carbonyl (C=O) groups is 3. The average Bonchev–Trinajstić information content (AvgIpc) is 3.52. The monoisotopic (exact) mass is 371 g/mol. The quantitative estimate of drug-likeness (QED) is 0.880. The van der Waals surface area contributed by atoms with Gasteiger partial charge in [0.1, 0.15) is 12.3 Å². The van der Waals surface area contributed by atoms with Gasteiger partial charge in [-0.25, -0.2) is 0 Å². The lowest BCUT2D eigenvalue weighted by Crippen LogP contribution is -2.50. The summed E-state index contributed by atoms with van der Waals surface area (Å²) < 4.78 is 5.69. The van der Waals surface area contributed by atoms with Crippen LogP contribution in [-0.4, -0.2) is 48.4 Å². The largest absolute Gasteiger partial charge is 0.479 e. The van der Waals surface area contributed by atoms with Crippen molar-refractivity contribution in [3.05, 3.63) is 18.2 Å². The predicted molar refractivity (Wildman–Crippen MR) is 101 cm³/mol. The summed E-state index contributed by atoms with van der Waals surface area (Å²) in [5.41, 5.74) is 1.16. The first kappa shape index (κ1) is 17.8. The molecule has 3 amide bonds. The van der Waals surface area contributed by atoms with E-state index in [1.807, 2.05) is 4.90 Å². The fraction of sp³-hybridized carbons (Fsp3) is 0.550. The number of nitrogens with zero attached hydrogens (tertiary/aromatic N) is 2. The third-order valence-electron chi connectivity index (χ3n) is 5.39. The van der Waals surface area contributed by atoms with E-state index in [2.05, 4.69) is 5.32 Å².